The lowest BCUT2D eigenvalue weighted by molar-refractivity contribution is -0.383. The summed E-state index contributed by atoms with van der Waals surface area (Å²) in [5.41, 5.74) is 5.74. The van der Waals surface area contributed by atoms with Crippen LogP contribution in [0, 0.1) is 22.0 Å². The Morgan fingerprint density at radius 2 is 1.89 bits per heavy atom. The predicted molar refractivity (Wildman–Crippen MR) is 109 cm³/mol. The molecule has 0 radical (unpaired) electrons. The molecule has 152 valence electrons. The highest BCUT2D eigenvalue weighted by Gasteiger charge is 2.31. The normalized spacial score (nSPS) is 20.1. The second-order valence-corrected chi connectivity index (χ2v) is 7.52. The number of piperidine rings is 1. The molecule has 1 aliphatic rings. The Balaban J connectivity index is 2.15. The quantitative estimate of drug-likeness (QED) is 0.382. The summed E-state index contributed by atoms with van der Waals surface area (Å²) in [6.45, 7) is 13.8. The SMILES string of the molecule is CCN(CC)CCCNc1nc(N)c([N+](=O)[O-])c(N2C[C@H](C)C[C@@H](C)C2)n1. The fourth-order valence-electron chi connectivity index (χ4n) is 3.81. The van der Waals surface area contributed by atoms with Gasteiger partial charge in [0.1, 0.15) is 0 Å². The summed E-state index contributed by atoms with van der Waals surface area (Å²) in [5, 5.41) is 14.7. The highest BCUT2D eigenvalue weighted by molar-refractivity contribution is 5.71. The van der Waals surface area contributed by atoms with E-state index in [2.05, 4.69) is 47.9 Å². The van der Waals surface area contributed by atoms with Gasteiger partial charge in [-0.25, -0.2) is 0 Å². The van der Waals surface area contributed by atoms with E-state index in [4.69, 9.17) is 5.73 Å². The van der Waals surface area contributed by atoms with Gasteiger partial charge in [0, 0.05) is 19.6 Å². The van der Waals surface area contributed by atoms with Crippen molar-refractivity contribution in [3.8, 4) is 0 Å². The first-order chi connectivity index (χ1) is 12.8. The fraction of sp³-hybridized carbons (Fsp3) is 0.778. The Morgan fingerprint density at radius 1 is 1.26 bits per heavy atom. The van der Waals surface area contributed by atoms with Crippen LogP contribution in [0.4, 0.5) is 23.3 Å². The third-order valence-corrected chi connectivity index (χ3v) is 5.07. The molecule has 1 fully saturated rings. The van der Waals surface area contributed by atoms with E-state index in [1.807, 2.05) is 4.90 Å². The zero-order valence-corrected chi connectivity index (χ0v) is 16.9. The number of nitrogens with two attached hydrogens (primary N) is 1. The van der Waals surface area contributed by atoms with Gasteiger partial charge in [-0.15, -0.1) is 0 Å². The number of nitrogens with one attached hydrogen (secondary N) is 1. The molecule has 0 amide bonds. The monoisotopic (exact) mass is 379 g/mol. The van der Waals surface area contributed by atoms with Crippen molar-refractivity contribution in [1.82, 2.24) is 14.9 Å². The zero-order valence-electron chi connectivity index (χ0n) is 16.9. The van der Waals surface area contributed by atoms with Gasteiger partial charge in [0.05, 0.1) is 4.92 Å². The Morgan fingerprint density at radius 3 is 2.44 bits per heavy atom. The van der Waals surface area contributed by atoms with Crippen LogP contribution in [-0.4, -0.2) is 59.1 Å². The number of rotatable bonds is 9. The molecule has 1 aliphatic heterocycles. The van der Waals surface area contributed by atoms with E-state index in [1.54, 1.807) is 0 Å². The van der Waals surface area contributed by atoms with E-state index < -0.39 is 4.92 Å². The van der Waals surface area contributed by atoms with E-state index in [0.717, 1.165) is 45.6 Å². The largest absolute Gasteiger partial charge is 0.378 e. The number of hydrogen-bond donors (Lipinski definition) is 2. The van der Waals surface area contributed by atoms with Gasteiger partial charge in [0.15, 0.2) is 0 Å². The van der Waals surface area contributed by atoms with Crippen molar-refractivity contribution in [3.05, 3.63) is 10.1 Å². The number of nitrogens with zero attached hydrogens (tertiary/aromatic N) is 5. The summed E-state index contributed by atoms with van der Waals surface area (Å²) in [4.78, 5) is 24.0. The van der Waals surface area contributed by atoms with Crippen LogP contribution in [0.25, 0.3) is 0 Å². The molecular formula is C18H33N7O2. The van der Waals surface area contributed by atoms with E-state index in [0.29, 0.717) is 30.1 Å². The van der Waals surface area contributed by atoms with Gasteiger partial charge in [-0.1, -0.05) is 27.7 Å². The topological polar surface area (TPSA) is 113 Å². The van der Waals surface area contributed by atoms with E-state index >= 15 is 0 Å². The van der Waals surface area contributed by atoms with Crippen LogP contribution in [0.1, 0.15) is 40.5 Å². The van der Waals surface area contributed by atoms with Gasteiger partial charge in [-0.3, -0.25) is 10.1 Å². The average molecular weight is 380 g/mol. The molecule has 1 aromatic heterocycles. The van der Waals surface area contributed by atoms with Gasteiger partial charge in [-0.2, -0.15) is 9.97 Å². The maximum absolute atomic E-state index is 11.6. The van der Waals surface area contributed by atoms with E-state index in [-0.39, 0.29) is 11.5 Å². The van der Waals surface area contributed by atoms with Crippen molar-refractivity contribution < 1.29 is 4.92 Å². The molecule has 2 rings (SSSR count). The molecule has 0 unspecified atom stereocenters. The van der Waals surface area contributed by atoms with Gasteiger partial charge in [0.2, 0.25) is 17.6 Å². The smallest absolute Gasteiger partial charge is 0.353 e. The first kappa shape index (κ1) is 21.1. The molecule has 0 spiro atoms. The van der Waals surface area contributed by atoms with Crippen LogP contribution in [0.5, 0.6) is 0 Å². The van der Waals surface area contributed by atoms with Crippen molar-refractivity contribution in [2.45, 2.75) is 40.5 Å². The van der Waals surface area contributed by atoms with E-state index in [1.165, 1.54) is 0 Å². The molecule has 9 heteroatoms. The molecule has 0 bridgehead atoms. The molecule has 0 aliphatic carbocycles. The van der Waals surface area contributed by atoms with Gasteiger partial charge in [0.25, 0.3) is 0 Å². The summed E-state index contributed by atoms with van der Waals surface area (Å²) in [6, 6.07) is 0. The lowest BCUT2D eigenvalue weighted by Crippen LogP contribution is -2.39. The van der Waals surface area contributed by atoms with Crippen molar-refractivity contribution in [3.63, 3.8) is 0 Å². The van der Waals surface area contributed by atoms with Gasteiger partial charge in [-0.05, 0) is 44.3 Å². The number of anilines is 3. The lowest BCUT2D eigenvalue weighted by Gasteiger charge is -2.35. The van der Waals surface area contributed by atoms with Crippen molar-refractivity contribution in [1.29, 1.82) is 0 Å². The third-order valence-electron chi connectivity index (χ3n) is 5.07. The molecule has 0 saturated carbocycles. The molecule has 9 nitrogen and oxygen atoms in total. The molecule has 2 atom stereocenters. The number of hydrogen-bond acceptors (Lipinski definition) is 8. The van der Waals surface area contributed by atoms with E-state index in [9.17, 15) is 10.1 Å². The molecule has 3 N–H and O–H groups in total. The molecule has 0 aromatic carbocycles. The number of nitrogen functional groups attached to an aromatic ring is 1. The van der Waals surface area contributed by atoms with Gasteiger partial charge < -0.3 is 20.9 Å². The Hall–Kier alpha value is -2.16. The fourth-order valence-corrected chi connectivity index (χ4v) is 3.81. The second kappa shape index (κ2) is 9.68. The molecule has 1 aromatic rings. The maximum atomic E-state index is 11.6. The maximum Gasteiger partial charge on any atom is 0.353 e. The zero-order chi connectivity index (χ0) is 20.0. The van der Waals surface area contributed by atoms with Crippen LogP contribution in [-0.2, 0) is 0 Å². The summed E-state index contributed by atoms with van der Waals surface area (Å²) >= 11 is 0. The number of aromatic nitrogens is 2. The molecular weight excluding hydrogens is 346 g/mol. The van der Waals surface area contributed by atoms with Gasteiger partial charge >= 0.3 is 5.69 Å². The first-order valence-corrected chi connectivity index (χ1v) is 9.88. The highest BCUT2D eigenvalue weighted by atomic mass is 16.6. The Labute approximate surface area is 161 Å². The summed E-state index contributed by atoms with van der Waals surface area (Å²) in [7, 11) is 0. The van der Waals surface area contributed by atoms with Crippen LogP contribution in [0.3, 0.4) is 0 Å². The summed E-state index contributed by atoms with van der Waals surface area (Å²) in [5.74, 6) is 1.52. The van der Waals surface area contributed by atoms with Crippen LogP contribution in [0.15, 0.2) is 0 Å². The molecule has 2 heterocycles. The van der Waals surface area contributed by atoms with Crippen LogP contribution in [0.2, 0.25) is 0 Å². The van der Waals surface area contributed by atoms with Crippen molar-refractivity contribution in [2.24, 2.45) is 11.8 Å². The van der Waals surface area contributed by atoms with Crippen molar-refractivity contribution >= 4 is 23.3 Å². The third kappa shape index (κ3) is 5.66. The minimum Gasteiger partial charge on any atom is -0.378 e. The summed E-state index contributed by atoms with van der Waals surface area (Å²) < 4.78 is 0. The standard InChI is InChI=1S/C18H33N7O2/c1-5-23(6-2)9-7-8-20-18-21-16(19)15(25(26)27)17(22-18)24-11-13(3)10-14(4)12-24/h13-14H,5-12H2,1-4H3,(H3,19,20,21,22)/t13-,14-/m1/s1. The Kier molecular flexibility index (Phi) is 7.58. The lowest BCUT2D eigenvalue weighted by atomic mass is 9.92. The second-order valence-electron chi connectivity index (χ2n) is 7.52. The van der Waals surface area contributed by atoms with Crippen molar-refractivity contribution in [2.75, 3.05) is 55.2 Å². The summed E-state index contributed by atoms with van der Waals surface area (Å²) in [6.07, 6.45) is 2.05. The highest BCUT2D eigenvalue weighted by Crippen LogP contribution is 2.35. The van der Waals surface area contributed by atoms with Crippen LogP contribution >= 0.6 is 0 Å². The van der Waals surface area contributed by atoms with Crippen LogP contribution < -0.4 is 16.0 Å². The molecule has 27 heavy (non-hydrogen) atoms. The molecule has 1 saturated heterocycles. The minimum absolute atomic E-state index is 0.0814. The predicted octanol–water partition coefficient (Wildman–Crippen LogP) is 2.59. The minimum atomic E-state index is -0.473. The Bertz CT molecular complexity index is 626. The first-order valence-electron chi connectivity index (χ1n) is 9.88. The number of nitro groups is 1. The average Bonchev–Trinajstić information content (AvgIpc) is 2.60.